The van der Waals surface area contributed by atoms with E-state index >= 15 is 0 Å². The molecule has 2 aliphatic heterocycles. The van der Waals surface area contributed by atoms with Crippen molar-refractivity contribution < 1.29 is 16.8 Å². The Bertz CT molecular complexity index is 950. The van der Waals surface area contributed by atoms with Gasteiger partial charge in [0, 0.05) is 24.2 Å². The van der Waals surface area contributed by atoms with Gasteiger partial charge in [-0.05, 0) is 74.3 Å². The second-order valence-electron chi connectivity index (χ2n) is 9.37. The zero-order valence-corrected chi connectivity index (χ0v) is 17.2. The number of fused-ring (bicyclic) bond motifs is 10. The van der Waals surface area contributed by atoms with E-state index in [0.717, 1.165) is 37.0 Å². The highest BCUT2D eigenvalue weighted by atomic mass is 32.3. The molecule has 1 aromatic heterocycles. The van der Waals surface area contributed by atoms with Crippen molar-refractivity contribution in [1.82, 2.24) is 8.61 Å². The normalized spacial score (nSPS) is 51.4. The van der Waals surface area contributed by atoms with Crippen LogP contribution in [-0.4, -0.2) is 49.6 Å². The second-order valence-corrected chi connectivity index (χ2v) is 14.6. The molecular weight excluding hydrogens is 404 g/mol. The molecule has 27 heavy (non-hydrogen) atoms. The van der Waals surface area contributed by atoms with Gasteiger partial charge in [-0.1, -0.05) is 0 Å². The summed E-state index contributed by atoms with van der Waals surface area (Å²) in [5.41, 5.74) is 0. The average molecular weight is 427 g/mol. The number of hydrogen-bond acceptors (Lipinski definition) is 5. The van der Waals surface area contributed by atoms with Crippen molar-refractivity contribution in [1.29, 1.82) is 0 Å². The molecule has 3 heterocycles. The Labute approximate surface area is 163 Å². The SMILES string of the molecule is O=S(=O)(c1ccc(S(=O)(=O)N2C3C4CCC(C4)C32)s1)N1C2C3CCC(C3)C21. The summed E-state index contributed by atoms with van der Waals surface area (Å²) in [5.74, 6) is 2.08. The third kappa shape index (κ3) is 1.89. The van der Waals surface area contributed by atoms with Gasteiger partial charge in [0.05, 0.1) is 0 Å². The first kappa shape index (κ1) is 16.3. The summed E-state index contributed by atoms with van der Waals surface area (Å²) in [6, 6.07) is 3.74. The van der Waals surface area contributed by atoms with E-state index in [2.05, 4.69) is 0 Å². The fraction of sp³-hybridized carbons (Fsp3) is 0.778. The zero-order chi connectivity index (χ0) is 18.3. The molecule has 146 valence electrons. The fourth-order valence-corrected chi connectivity index (χ4v) is 13.0. The number of rotatable bonds is 4. The molecule has 6 fully saturated rings. The van der Waals surface area contributed by atoms with E-state index in [4.69, 9.17) is 0 Å². The van der Waals surface area contributed by atoms with Crippen LogP contribution >= 0.6 is 11.3 Å². The largest absolute Gasteiger partial charge is 0.253 e. The highest BCUT2D eigenvalue weighted by molar-refractivity contribution is 7.94. The lowest BCUT2D eigenvalue weighted by molar-refractivity contribution is 0.448. The van der Waals surface area contributed by atoms with Crippen LogP contribution in [0.25, 0.3) is 0 Å². The van der Waals surface area contributed by atoms with Crippen LogP contribution in [-0.2, 0) is 20.0 Å². The van der Waals surface area contributed by atoms with Gasteiger partial charge in [-0.3, -0.25) is 0 Å². The van der Waals surface area contributed by atoms with Gasteiger partial charge in [0.2, 0.25) is 0 Å². The summed E-state index contributed by atoms with van der Waals surface area (Å²) < 4.78 is 56.1. The van der Waals surface area contributed by atoms with E-state index in [1.165, 1.54) is 25.0 Å². The van der Waals surface area contributed by atoms with Crippen LogP contribution in [0, 0.1) is 23.7 Å². The maximum absolute atomic E-state index is 13.1. The Balaban J connectivity index is 1.18. The Morgan fingerprint density at radius 3 is 1.33 bits per heavy atom. The molecule has 0 aromatic carbocycles. The minimum atomic E-state index is -3.55. The van der Waals surface area contributed by atoms with Gasteiger partial charge in [-0.15, -0.1) is 11.3 Å². The van der Waals surface area contributed by atoms with E-state index in [9.17, 15) is 16.8 Å². The molecular formula is C18H22N2O4S3. The van der Waals surface area contributed by atoms with Gasteiger partial charge in [-0.2, -0.15) is 8.61 Å². The van der Waals surface area contributed by atoms with Crippen LogP contribution in [0.4, 0.5) is 0 Å². The highest BCUT2D eigenvalue weighted by Gasteiger charge is 2.69. The summed E-state index contributed by atoms with van der Waals surface area (Å²) in [4.78, 5) is 0. The third-order valence-electron chi connectivity index (χ3n) is 8.28. The molecule has 6 aliphatic rings. The summed E-state index contributed by atoms with van der Waals surface area (Å²) in [5, 5.41) is 0. The van der Waals surface area contributed by atoms with E-state index < -0.39 is 20.0 Å². The van der Waals surface area contributed by atoms with Gasteiger partial charge >= 0.3 is 0 Å². The Morgan fingerprint density at radius 1 is 0.667 bits per heavy atom. The van der Waals surface area contributed by atoms with E-state index in [1.807, 2.05) is 0 Å². The van der Waals surface area contributed by atoms with Crippen LogP contribution in [0.2, 0.25) is 0 Å². The van der Waals surface area contributed by atoms with Gasteiger partial charge in [0.25, 0.3) is 20.0 Å². The highest BCUT2D eigenvalue weighted by Crippen LogP contribution is 2.62. The molecule has 6 nitrogen and oxygen atoms in total. The van der Waals surface area contributed by atoms with E-state index in [-0.39, 0.29) is 32.6 Å². The van der Waals surface area contributed by atoms with Crippen LogP contribution in [0.1, 0.15) is 38.5 Å². The van der Waals surface area contributed by atoms with Crippen molar-refractivity contribution in [3.63, 3.8) is 0 Å². The summed E-state index contributed by atoms with van der Waals surface area (Å²) >= 11 is 0.947. The predicted molar refractivity (Wildman–Crippen MR) is 99.2 cm³/mol. The maximum Gasteiger partial charge on any atom is 0.253 e. The average Bonchev–Trinajstić information content (AvgIpc) is 3.17. The van der Waals surface area contributed by atoms with Crippen molar-refractivity contribution in [2.24, 2.45) is 23.7 Å². The van der Waals surface area contributed by atoms with E-state index in [0.29, 0.717) is 23.7 Å². The molecule has 2 saturated heterocycles. The lowest BCUT2D eigenvalue weighted by Crippen LogP contribution is -2.21. The summed E-state index contributed by atoms with van der Waals surface area (Å²) in [7, 11) is -7.11. The Hall–Kier alpha value is -0.480. The first-order chi connectivity index (χ1) is 12.9. The van der Waals surface area contributed by atoms with Gasteiger partial charge in [0.1, 0.15) is 8.42 Å². The van der Waals surface area contributed by atoms with Crippen LogP contribution in [0.3, 0.4) is 0 Å². The van der Waals surface area contributed by atoms with Crippen molar-refractivity contribution in [2.45, 2.75) is 71.1 Å². The smallest absolute Gasteiger partial charge is 0.206 e. The van der Waals surface area contributed by atoms with Gasteiger partial charge in [0.15, 0.2) is 0 Å². The summed E-state index contributed by atoms with van der Waals surface area (Å²) in [6.07, 6.45) is 6.91. The van der Waals surface area contributed by atoms with Gasteiger partial charge in [-0.25, -0.2) is 16.8 Å². The number of hydrogen-bond donors (Lipinski definition) is 0. The standard InChI is InChI=1S/C18H22N2O4S3/c21-26(22,19-15-9-1-2-10(7-9)16(15)19)13-5-6-14(25-13)27(23,24)20-17-11-3-4-12(8-11)18(17)20/h5-6,9-12,15-18H,1-4,7-8H2. The first-order valence-corrected chi connectivity index (χ1v) is 13.8. The molecule has 4 bridgehead atoms. The molecule has 9 heteroatoms. The molecule has 0 spiro atoms. The number of sulfonamides is 2. The first-order valence-electron chi connectivity index (χ1n) is 10.1. The minimum absolute atomic E-state index is 0.179. The monoisotopic (exact) mass is 426 g/mol. The molecule has 0 radical (unpaired) electrons. The Kier molecular flexibility index (Phi) is 2.91. The molecule has 4 aliphatic carbocycles. The minimum Gasteiger partial charge on any atom is -0.206 e. The molecule has 8 unspecified atom stereocenters. The molecule has 1 aromatic rings. The van der Waals surface area contributed by atoms with Crippen LogP contribution in [0.5, 0.6) is 0 Å². The predicted octanol–water partition coefficient (Wildman–Crippen LogP) is 2.09. The van der Waals surface area contributed by atoms with Crippen LogP contribution in [0.15, 0.2) is 20.6 Å². The van der Waals surface area contributed by atoms with E-state index in [1.54, 1.807) is 8.61 Å². The molecule has 0 N–H and O–H groups in total. The quantitative estimate of drug-likeness (QED) is 0.691. The summed E-state index contributed by atoms with van der Waals surface area (Å²) in [6.45, 7) is 0. The van der Waals surface area contributed by atoms with Crippen LogP contribution < -0.4 is 0 Å². The topological polar surface area (TPSA) is 74.3 Å². The number of thiophene rings is 1. The third-order valence-corrected chi connectivity index (χ3v) is 14.1. The maximum atomic E-state index is 13.1. The number of piperidine rings is 2. The number of nitrogens with zero attached hydrogens (tertiary/aromatic N) is 2. The van der Waals surface area contributed by atoms with Crippen molar-refractivity contribution in [3.8, 4) is 0 Å². The van der Waals surface area contributed by atoms with Crippen molar-refractivity contribution >= 4 is 31.4 Å². The molecule has 0 amide bonds. The lowest BCUT2D eigenvalue weighted by Gasteiger charge is -2.12. The lowest BCUT2D eigenvalue weighted by atomic mass is 10.0. The van der Waals surface area contributed by atoms with Gasteiger partial charge < -0.3 is 0 Å². The molecule has 4 saturated carbocycles. The Morgan fingerprint density at radius 2 is 1.00 bits per heavy atom. The second kappa shape index (κ2) is 4.80. The molecule has 7 rings (SSSR count). The van der Waals surface area contributed by atoms with Crippen molar-refractivity contribution in [3.05, 3.63) is 12.1 Å². The van der Waals surface area contributed by atoms with Crippen molar-refractivity contribution in [2.75, 3.05) is 0 Å². The zero-order valence-electron chi connectivity index (χ0n) is 14.8. The molecule has 8 atom stereocenters. The fourth-order valence-electron chi connectivity index (χ4n) is 7.22.